The van der Waals surface area contributed by atoms with Gasteiger partial charge in [-0.1, -0.05) is 195 Å². The summed E-state index contributed by atoms with van der Waals surface area (Å²) in [6.45, 7) is 17.8. The van der Waals surface area contributed by atoms with Gasteiger partial charge in [0.15, 0.2) is 0 Å². The van der Waals surface area contributed by atoms with Gasteiger partial charge in [0.2, 0.25) is 0 Å². The third-order valence-electron chi connectivity index (χ3n) is 10.4. The van der Waals surface area contributed by atoms with Crippen molar-refractivity contribution in [1.29, 1.82) is 0 Å². The van der Waals surface area contributed by atoms with E-state index in [0.717, 1.165) is 47.9 Å². The lowest BCUT2D eigenvalue weighted by Crippen LogP contribution is -2.14. The summed E-state index contributed by atoms with van der Waals surface area (Å²) in [5.41, 5.74) is 6.62. The number of phenols is 2. The fraction of sp³-hybridized carbons (Fsp3) is 0.739. The summed E-state index contributed by atoms with van der Waals surface area (Å²) in [5.74, 6) is 0.901. The van der Waals surface area contributed by atoms with Crippen LogP contribution in [0.3, 0.4) is 0 Å². The van der Waals surface area contributed by atoms with Crippen LogP contribution in [0.1, 0.15) is 217 Å². The molecule has 2 rings (SSSR count). The Morgan fingerprint density at radius 3 is 0.917 bits per heavy atom. The minimum Gasteiger partial charge on any atom is -0.507 e. The molecule has 0 spiro atoms. The van der Waals surface area contributed by atoms with Crippen molar-refractivity contribution >= 4 is 0 Å². The molecular formula is C46H78O2. The highest BCUT2D eigenvalue weighted by atomic mass is 16.3. The molecule has 2 N–H and O–H groups in total. The second-order valence-corrected chi connectivity index (χ2v) is 17.2. The molecule has 0 aliphatic rings. The number of aromatic hydroxyl groups is 2. The zero-order chi connectivity index (χ0) is 35.4. The molecular weight excluding hydrogens is 585 g/mol. The molecule has 0 aliphatic heterocycles. The topological polar surface area (TPSA) is 40.5 Å². The highest BCUT2D eigenvalue weighted by molar-refractivity contribution is 5.50. The van der Waals surface area contributed by atoms with E-state index in [1.54, 1.807) is 0 Å². The number of aryl methyl sites for hydroxylation is 4. The van der Waals surface area contributed by atoms with Gasteiger partial charge in [-0.2, -0.15) is 0 Å². The highest BCUT2D eigenvalue weighted by Gasteiger charge is 2.24. The van der Waals surface area contributed by atoms with Crippen LogP contribution in [0.4, 0.5) is 0 Å². The maximum Gasteiger partial charge on any atom is 0.122 e. The van der Waals surface area contributed by atoms with Crippen LogP contribution in [0.2, 0.25) is 0 Å². The molecule has 2 heteroatoms. The molecule has 0 unspecified atom stereocenters. The van der Waals surface area contributed by atoms with E-state index in [1.807, 2.05) is 0 Å². The lowest BCUT2D eigenvalue weighted by Gasteiger charge is -2.25. The summed E-state index contributed by atoms with van der Waals surface area (Å²) in [4.78, 5) is 0. The molecule has 48 heavy (non-hydrogen) atoms. The standard InChI is InChI=1S/C46H78O2/c1-9-11-13-15-17-19-21-23-25-27-29-37-33-39(43(47)41(35-37)45(3,4)5)31-32-40-34-38(36-42(44(40)48)46(6,7)8)30-28-26-24-22-20-18-16-14-12-10-2/h33-36,47-48H,9-32H2,1-8H3. The Hall–Kier alpha value is -1.96. The number of benzene rings is 2. The van der Waals surface area contributed by atoms with Gasteiger partial charge < -0.3 is 10.2 Å². The van der Waals surface area contributed by atoms with Crippen LogP contribution < -0.4 is 0 Å². The zero-order valence-electron chi connectivity index (χ0n) is 33.2. The van der Waals surface area contributed by atoms with Gasteiger partial charge in [-0.05, 0) is 82.7 Å². The van der Waals surface area contributed by atoms with Gasteiger partial charge in [0, 0.05) is 0 Å². The third kappa shape index (κ3) is 16.2. The number of hydrogen-bond donors (Lipinski definition) is 2. The van der Waals surface area contributed by atoms with E-state index in [9.17, 15) is 10.2 Å². The summed E-state index contributed by atoms with van der Waals surface area (Å²) in [5, 5.41) is 23.0. The van der Waals surface area contributed by atoms with Crippen LogP contribution in [0, 0.1) is 0 Å². The van der Waals surface area contributed by atoms with Gasteiger partial charge in [0.05, 0.1) is 0 Å². The second kappa shape index (κ2) is 22.7. The minimum atomic E-state index is -0.122. The summed E-state index contributed by atoms with van der Waals surface area (Å²) in [7, 11) is 0. The number of rotatable bonds is 25. The molecule has 274 valence electrons. The molecule has 0 saturated heterocycles. The van der Waals surface area contributed by atoms with Crippen molar-refractivity contribution in [2.45, 2.75) is 220 Å². The fourth-order valence-electron chi connectivity index (χ4n) is 7.24. The van der Waals surface area contributed by atoms with Gasteiger partial charge in [-0.15, -0.1) is 0 Å². The molecule has 2 aromatic carbocycles. The normalized spacial score (nSPS) is 12.2. The van der Waals surface area contributed by atoms with Gasteiger partial charge >= 0.3 is 0 Å². The van der Waals surface area contributed by atoms with E-state index in [-0.39, 0.29) is 10.8 Å². The SMILES string of the molecule is CCCCCCCCCCCCc1cc(CCc2cc(CCCCCCCCCCCC)cc(C(C)(C)C)c2O)c(O)c(C(C)(C)C)c1. The maximum atomic E-state index is 11.5. The molecule has 0 saturated carbocycles. The Kier molecular flexibility index (Phi) is 20.0. The van der Waals surface area contributed by atoms with Crippen molar-refractivity contribution in [2.75, 3.05) is 0 Å². The largest absolute Gasteiger partial charge is 0.507 e. The Labute approximate surface area is 298 Å². The van der Waals surface area contributed by atoms with E-state index in [4.69, 9.17) is 0 Å². The van der Waals surface area contributed by atoms with Crippen LogP contribution in [0.5, 0.6) is 11.5 Å². The summed E-state index contributed by atoms with van der Waals surface area (Å²) >= 11 is 0. The Morgan fingerprint density at radius 1 is 0.375 bits per heavy atom. The third-order valence-corrected chi connectivity index (χ3v) is 10.4. The van der Waals surface area contributed by atoms with Crippen molar-refractivity contribution < 1.29 is 10.2 Å². The summed E-state index contributed by atoms with van der Waals surface area (Å²) in [6.07, 6.45) is 30.5. The predicted octanol–water partition coefficient (Wildman–Crippen LogP) is 14.4. The molecule has 0 atom stereocenters. The lowest BCUT2D eigenvalue weighted by molar-refractivity contribution is 0.434. The van der Waals surface area contributed by atoms with Crippen LogP contribution in [-0.2, 0) is 36.5 Å². The van der Waals surface area contributed by atoms with Crippen molar-refractivity contribution in [3.63, 3.8) is 0 Å². The molecule has 0 bridgehead atoms. The second-order valence-electron chi connectivity index (χ2n) is 17.2. The van der Waals surface area contributed by atoms with E-state index < -0.39 is 0 Å². The Morgan fingerprint density at radius 2 is 0.646 bits per heavy atom. The number of phenolic OH excluding ortho intramolecular Hbond substituents is 2. The van der Waals surface area contributed by atoms with Crippen LogP contribution in [0.15, 0.2) is 24.3 Å². The van der Waals surface area contributed by atoms with E-state index >= 15 is 0 Å². The molecule has 0 heterocycles. The first-order valence-corrected chi connectivity index (χ1v) is 20.6. The minimum absolute atomic E-state index is 0.122. The van der Waals surface area contributed by atoms with Crippen molar-refractivity contribution in [3.8, 4) is 11.5 Å². The summed E-state index contributed by atoms with van der Waals surface area (Å²) in [6, 6.07) is 9.03. The van der Waals surface area contributed by atoms with E-state index in [2.05, 4.69) is 79.7 Å². The lowest BCUT2D eigenvalue weighted by atomic mass is 9.81. The molecule has 0 fully saturated rings. The smallest absolute Gasteiger partial charge is 0.122 e. The zero-order valence-corrected chi connectivity index (χ0v) is 33.2. The first kappa shape index (κ1) is 42.2. The van der Waals surface area contributed by atoms with Crippen LogP contribution in [0.25, 0.3) is 0 Å². The van der Waals surface area contributed by atoms with Gasteiger partial charge in [-0.3, -0.25) is 0 Å². The molecule has 2 nitrogen and oxygen atoms in total. The predicted molar refractivity (Wildman–Crippen MR) is 212 cm³/mol. The quantitative estimate of drug-likeness (QED) is 0.104. The van der Waals surface area contributed by atoms with Crippen molar-refractivity contribution in [1.82, 2.24) is 0 Å². The number of unbranched alkanes of at least 4 members (excludes halogenated alkanes) is 18. The Balaban J connectivity index is 2.04. The van der Waals surface area contributed by atoms with Crippen LogP contribution >= 0.6 is 0 Å². The summed E-state index contributed by atoms with van der Waals surface area (Å²) < 4.78 is 0. The van der Waals surface area contributed by atoms with Crippen LogP contribution in [-0.4, -0.2) is 10.2 Å². The fourth-order valence-corrected chi connectivity index (χ4v) is 7.24. The van der Waals surface area contributed by atoms with Crippen molar-refractivity contribution in [3.05, 3.63) is 57.6 Å². The van der Waals surface area contributed by atoms with Gasteiger partial charge in [-0.25, -0.2) is 0 Å². The van der Waals surface area contributed by atoms with Gasteiger partial charge in [0.1, 0.15) is 11.5 Å². The van der Waals surface area contributed by atoms with E-state index in [0.29, 0.717) is 11.5 Å². The molecule has 0 aromatic heterocycles. The maximum absolute atomic E-state index is 11.5. The molecule has 0 radical (unpaired) electrons. The molecule has 0 aliphatic carbocycles. The molecule has 2 aromatic rings. The number of hydrogen-bond acceptors (Lipinski definition) is 2. The molecule has 0 amide bonds. The first-order valence-electron chi connectivity index (χ1n) is 20.6. The van der Waals surface area contributed by atoms with Gasteiger partial charge in [0.25, 0.3) is 0 Å². The van der Waals surface area contributed by atoms with E-state index in [1.165, 1.54) is 140 Å². The first-order chi connectivity index (χ1) is 22.9. The Bertz CT molecular complexity index is 1050. The monoisotopic (exact) mass is 663 g/mol. The average molecular weight is 663 g/mol. The van der Waals surface area contributed by atoms with Crippen molar-refractivity contribution in [2.24, 2.45) is 0 Å². The average Bonchev–Trinajstić information content (AvgIpc) is 3.02. The highest BCUT2D eigenvalue weighted by Crippen LogP contribution is 2.38.